The van der Waals surface area contributed by atoms with Gasteiger partial charge in [0, 0.05) is 38.8 Å². The SMILES string of the molecule is CC(C)NC(=O)CN1CC2CN(C[C@H](N)COc3ccc(C#N)cc3)CC2C1. The summed E-state index contributed by atoms with van der Waals surface area (Å²) >= 11 is 0. The van der Waals surface area contributed by atoms with E-state index in [1.54, 1.807) is 24.3 Å². The van der Waals surface area contributed by atoms with Gasteiger partial charge in [-0.05, 0) is 49.9 Å². The smallest absolute Gasteiger partial charge is 0.234 e. The van der Waals surface area contributed by atoms with Crippen LogP contribution in [0.4, 0.5) is 0 Å². The third-order valence-corrected chi connectivity index (χ3v) is 5.39. The molecule has 2 unspecified atom stereocenters. The van der Waals surface area contributed by atoms with Crippen molar-refractivity contribution in [2.24, 2.45) is 17.6 Å². The summed E-state index contributed by atoms with van der Waals surface area (Å²) < 4.78 is 5.75. The van der Waals surface area contributed by atoms with Crippen molar-refractivity contribution in [2.75, 3.05) is 45.9 Å². The fraction of sp³-hybridized carbons (Fsp3) is 0.619. The molecule has 152 valence electrons. The van der Waals surface area contributed by atoms with Crippen LogP contribution in [0.2, 0.25) is 0 Å². The summed E-state index contributed by atoms with van der Waals surface area (Å²) in [7, 11) is 0. The second kappa shape index (κ2) is 9.37. The van der Waals surface area contributed by atoms with Crippen LogP contribution in [-0.4, -0.2) is 73.7 Å². The maximum Gasteiger partial charge on any atom is 0.234 e. The normalized spacial score (nSPS) is 23.4. The summed E-state index contributed by atoms with van der Waals surface area (Å²) in [5.74, 6) is 2.11. The highest BCUT2D eigenvalue weighted by Crippen LogP contribution is 2.30. The molecule has 0 bridgehead atoms. The highest BCUT2D eigenvalue weighted by Gasteiger charge is 2.40. The van der Waals surface area contributed by atoms with E-state index < -0.39 is 0 Å². The first-order chi connectivity index (χ1) is 13.4. The molecule has 7 nitrogen and oxygen atoms in total. The summed E-state index contributed by atoms with van der Waals surface area (Å²) in [5, 5.41) is 11.8. The van der Waals surface area contributed by atoms with Crippen molar-refractivity contribution in [2.45, 2.75) is 25.9 Å². The maximum absolute atomic E-state index is 12.0. The number of rotatable bonds is 8. The third kappa shape index (κ3) is 5.68. The molecular formula is C21H31N5O2. The van der Waals surface area contributed by atoms with Gasteiger partial charge >= 0.3 is 0 Å². The number of hydrogen-bond acceptors (Lipinski definition) is 6. The number of benzene rings is 1. The van der Waals surface area contributed by atoms with Gasteiger partial charge in [0.15, 0.2) is 0 Å². The minimum Gasteiger partial charge on any atom is -0.492 e. The van der Waals surface area contributed by atoms with Gasteiger partial charge in [-0.2, -0.15) is 5.26 Å². The van der Waals surface area contributed by atoms with E-state index in [9.17, 15) is 4.79 Å². The molecule has 2 saturated heterocycles. The molecule has 3 atom stereocenters. The minimum atomic E-state index is -0.0533. The zero-order valence-corrected chi connectivity index (χ0v) is 16.8. The number of amides is 1. The highest BCUT2D eigenvalue weighted by atomic mass is 16.5. The van der Waals surface area contributed by atoms with E-state index in [4.69, 9.17) is 15.7 Å². The van der Waals surface area contributed by atoms with E-state index >= 15 is 0 Å². The molecule has 0 aromatic heterocycles. The van der Waals surface area contributed by atoms with Crippen LogP contribution in [-0.2, 0) is 4.79 Å². The van der Waals surface area contributed by atoms with E-state index in [0.717, 1.165) is 38.5 Å². The number of fused-ring (bicyclic) bond motifs is 1. The van der Waals surface area contributed by atoms with Crippen molar-refractivity contribution in [3.05, 3.63) is 29.8 Å². The number of carbonyl (C=O) groups excluding carboxylic acids is 1. The van der Waals surface area contributed by atoms with Gasteiger partial charge in [0.05, 0.1) is 24.2 Å². The molecular weight excluding hydrogens is 354 g/mol. The van der Waals surface area contributed by atoms with Gasteiger partial charge in [-0.15, -0.1) is 0 Å². The van der Waals surface area contributed by atoms with Crippen LogP contribution in [0.25, 0.3) is 0 Å². The molecule has 7 heteroatoms. The van der Waals surface area contributed by atoms with E-state index in [1.165, 1.54) is 0 Å². The van der Waals surface area contributed by atoms with Crippen molar-refractivity contribution in [3.63, 3.8) is 0 Å². The molecule has 3 N–H and O–H groups in total. The van der Waals surface area contributed by atoms with E-state index in [-0.39, 0.29) is 18.0 Å². The molecule has 1 aromatic carbocycles. The van der Waals surface area contributed by atoms with Crippen LogP contribution in [0, 0.1) is 23.2 Å². The van der Waals surface area contributed by atoms with Gasteiger partial charge in [0.2, 0.25) is 5.91 Å². The van der Waals surface area contributed by atoms with Crippen molar-refractivity contribution in [3.8, 4) is 11.8 Å². The first-order valence-electron chi connectivity index (χ1n) is 10.1. The molecule has 2 fully saturated rings. The molecule has 28 heavy (non-hydrogen) atoms. The zero-order valence-electron chi connectivity index (χ0n) is 16.8. The molecule has 2 heterocycles. The second-order valence-electron chi connectivity index (χ2n) is 8.36. The van der Waals surface area contributed by atoms with Gasteiger partial charge in [-0.3, -0.25) is 9.69 Å². The lowest BCUT2D eigenvalue weighted by molar-refractivity contribution is -0.122. The fourth-order valence-electron chi connectivity index (χ4n) is 4.25. The van der Waals surface area contributed by atoms with Crippen LogP contribution in [0.3, 0.4) is 0 Å². The zero-order chi connectivity index (χ0) is 20.1. The number of hydrogen-bond donors (Lipinski definition) is 2. The van der Waals surface area contributed by atoms with Crippen LogP contribution in [0.1, 0.15) is 19.4 Å². The summed E-state index contributed by atoms with van der Waals surface area (Å²) in [5.41, 5.74) is 6.89. The van der Waals surface area contributed by atoms with Gasteiger partial charge in [-0.1, -0.05) is 0 Å². The van der Waals surface area contributed by atoms with E-state index in [1.807, 2.05) is 13.8 Å². The molecule has 0 spiro atoms. The monoisotopic (exact) mass is 385 g/mol. The average molecular weight is 386 g/mol. The van der Waals surface area contributed by atoms with Gasteiger partial charge in [0.25, 0.3) is 0 Å². The van der Waals surface area contributed by atoms with Crippen LogP contribution in [0.15, 0.2) is 24.3 Å². The predicted octanol–water partition coefficient (Wildman–Crippen LogP) is 0.653. The standard InChI is InChI=1S/C21H31N5O2/c1-15(2)24-21(27)13-26-10-17-8-25(9-18(17)11-26)12-19(23)14-28-20-5-3-16(7-22)4-6-20/h3-6,15,17-19H,8-14,23H2,1-2H3,(H,24,27)/t17?,18?,19-/m0/s1. The first kappa shape index (κ1) is 20.6. The van der Waals surface area contributed by atoms with Crippen LogP contribution >= 0.6 is 0 Å². The summed E-state index contributed by atoms with van der Waals surface area (Å²) in [6.07, 6.45) is 0. The average Bonchev–Trinajstić information content (AvgIpc) is 3.17. The van der Waals surface area contributed by atoms with Crippen molar-refractivity contribution in [1.29, 1.82) is 5.26 Å². The number of carbonyl (C=O) groups is 1. The van der Waals surface area contributed by atoms with Gasteiger partial charge in [0.1, 0.15) is 12.4 Å². The molecule has 0 saturated carbocycles. The van der Waals surface area contributed by atoms with Crippen LogP contribution < -0.4 is 15.8 Å². The van der Waals surface area contributed by atoms with Crippen molar-refractivity contribution >= 4 is 5.91 Å². The van der Waals surface area contributed by atoms with Crippen molar-refractivity contribution in [1.82, 2.24) is 15.1 Å². The molecule has 0 radical (unpaired) electrons. The lowest BCUT2D eigenvalue weighted by atomic mass is 10.0. The van der Waals surface area contributed by atoms with Crippen LogP contribution in [0.5, 0.6) is 5.75 Å². The number of likely N-dealkylation sites (tertiary alicyclic amines) is 2. The Morgan fingerprint density at radius 2 is 1.82 bits per heavy atom. The van der Waals surface area contributed by atoms with E-state index in [0.29, 0.717) is 30.6 Å². The number of nitrogens with one attached hydrogen (secondary N) is 1. The topological polar surface area (TPSA) is 94.6 Å². The number of nitriles is 1. The van der Waals surface area contributed by atoms with Crippen molar-refractivity contribution < 1.29 is 9.53 Å². The first-order valence-corrected chi connectivity index (χ1v) is 10.1. The Morgan fingerprint density at radius 1 is 1.21 bits per heavy atom. The minimum absolute atomic E-state index is 0.0533. The Balaban J connectivity index is 1.36. The molecule has 2 aliphatic rings. The highest BCUT2D eigenvalue weighted by molar-refractivity contribution is 5.78. The quantitative estimate of drug-likeness (QED) is 0.682. The van der Waals surface area contributed by atoms with Gasteiger partial charge in [-0.25, -0.2) is 0 Å². The van der Waals surface area contributed by atoms with E-state index in [2.05, 4.69) is 21.2 Å². The number of nitrogens with zero attached hydrogens (tertiary/aromatic N) is 3. The summed E-state index contributed by atoms with van der Waals surface area (Å²) in [4.78, 5) is 16.7. The summed E-state index contributed by atoms with van der Waals surface area (Å²) in [6, 6.07) is 9.33. The molecule has 1 amide bonds. The molecule has 0 aliphatic carbocycles. The second-order valence-corrected chi connectivity index (χ2v) is 8.36. The van der Waals surface area contributed by atoms with Gasteiger partial charge < -0.3 is 20.7 Å². The Labute approximate surface area is 167 Å². The number of ether oxygens (including phenoxy) is 1. The molecule has 2 aliphatic heterocycles. The Morgan fingerprint density at radius 3 is 2.39 bits per heavy atom. The maximum atomic E-state index is 12.0. The third-order valence-electron chi connectivity index (χ3n) is 5.39. The summed E-state index contributed by atoms with van der Waals surface area (Å²) in [6.45, 7) is 9.81. The molecule has 3 rings (SSSR count). The largest absolute Gasteiger partial charge is 0.492 e. The lowest BCUT2D eigenvalue weighted by Gasteiger charge is -2.24. The Bertz CT molecular complexity index is 686. The number of nitrogens with two attached hydrogens (primary N) is 1. The Hall–Kier alpha value is -2.14. The molecule has 1 aromatic rings. The Kier molecular flexibility index (Phi) is 6.89. The predicted molar refractivity (Wildman–Crippen MR) is 108 cm³/mol. The fourth-order valence-corrected chi connectivity index (χ4v) is 4.25. The lowest BCUT2D eigenvalue weighted by Crippen LogP contribution is -2.43.